The summed E-state index contributed by atoms with van der Waals surface area (Å²) in [6, 6.07) is 65.5. The van der Waals surface area contributed by atoms with Gasteiger partial charge < -0.3 is 13.6 Å². The topological polar surface area (TPSA) is 23.0 Å². The molecule has 51 heavy (non-hydrogen) atoms. The van der Waals surface area contributed by atoms with Crippen LogP contribution in [0.4, 0.5) is 0 Å². The molecule has 0 aliphatic carbocycles. The fraction of sp³-hybridized carbons (Fsp3) is 0. The maximum Gasteiger partial charge on any atom is 0.135 e. The third kappa shape index (κ3) is 4.25. The minimum atomic E-state index is 0.891. The van der Waals surface area contributed by atoms with E-state index in [1.54, 1.807) is 0 Å². The highest BCUT2D eigenvalue weighted by Crippen LogP contribution is 2.38. The fourth-order valence-electron chi connectivity index (χ4n) is 8.19. The van der Waals surface area contributed by atoms with Crippen LogP contribution in [0.25, 0.3) is 99.2 Å². The predicted molar refractivity (Wildman–Crippen MR) is 213 cm³/mol. The summed E-state index contributed by atoms with van der Waals surface area (Å²) in [5, 5.41) is 7.28. The first kappa shape index (κ1) is 28.0. The van der Waals surface area contributed by atoms with Gasteiger partial charge in [0.05, 0.1) is 22.1 Å². The van der Waals surface area contributed by atoms with Crippen molar-refractivity contribution in [3.8, 4) is 33.6 Å². The Morgan fingerprint density at radius 3 is 1.24 bits per heavy atom. The summed E-state index contributed by atoms with van der Waals surface area (Å²) >= 11 is 0. The third-order valence-electron chi connectivity index (χ3n) is 10.5. The maximum atomic E-state index is 6.38. The van der Waals surface area contributed by atoms with E-state index in [4.69, 9.17) is 4.42 Å². The lowest BCUT2D eigenvalue weighted by molar-refractivity contribution is 0.669. The largest absolute Gasteiger partial charge is 0.456 e. The summed E-state index contributed by atoms with van der Waals surface area (Å²) in [6.45, 7) is 0. The van der Waals surface area contributed by atoms with Crippen LogP contribution in [0.3, 0.4) is 0 Å². The molecule has 0 saturated carbocycles. The van der Waals surface area contributed by atoms with Crippen molar-refractivity contribution in [2.24, 2.45) is 0 Å². The minimum Gasteiger partial charge on any atom is -0.456 e. The van der Waals surface area contributed by atoms with Gasteiger partial charge in [0.25, 0.3) is 0 Å². The van der Waals surface area contributed by atoms with Crippen molar-refractivity contribution in [2.45, 2.75) is 0 Å². The van der Waals surface area contributed by atoms with E-state index in [2.05, 4.69) is 191 Å². The lowest BCUT2D eigenvalue weighted by atomic mass is 9.97. The molecule has 0 atom stereocenters. The number of para-hydroxylation sites is 4. The normalized spacial score (nSPS) is 11.9. The summed E-state index contributed by atoms with van der Waals surface area (Å²) < 4.78 is 11.1. The molecule has 238 valence electrons. The van der Waals surface area contributed by atoms with Crippen LogP contribution in [0, 0.1) is 0 Å². The van der Waals surface area contributed by atoms with Crippen molar-refractivity contribution < 1.29 is 4.42 Å². The molecule has 0 bridgehead atoms. The number of nitrogens with zero attached hydrogens (tertiary/aromatic N) is 2. The first-order valence-electron chi connectivity index (χ1n) is 17.4. The van der Waals surface area contributed by atoms with Gasteiger partial charge in [-0.2, -0.15) is 0 Å². The van der Waals surface area contributed by atoms with Gasteiger partial charge in [-0.15, -0.1) is 0 Å². The minimum absolute atomic E-state index is 0.891. The smallest absolute Gasteiger partial charge is 0.135 e. The van der Waals surface area contributed by atoms with Gasteiger partial charge in [-0.1, -0.05) is 109 Å². The van der Waals surface area contributed by atoms with E-state index in [1.807, 2.05) is 0 Å². The van der Waals surface area contributed by atoms with E-state index < -0.39 is 0 Å². The average Bonchev–Trinajstić information content (AvgIpc) is 3.85. The molecule has 3 aromatic heterocycles. The van der Waals surface area contributed by atoms with E-state index in [1.165, 1.54) is 60.3 Å². The molecule has 8 aromatic carbocycles. The zero-order valence-corrected chi connectivity index (χ0v) is 27.6. The Kier molecular flexibility index (Phi) is 5.96. The van der Waals surface area contributed by atoms with Gasteiger partial charge in [0, 0.05) is 43.7 Å². The van der Waals surface area contributed by atoms with E-state index in [9.17, 15) is 0 Å². The van der Waals surface area contributed by atoms with E-state index in [0.717, 1.165) is 38.9 Å². The number of hydrogen-bond donors (Lipinski definition) is 0. The van der Waals surface area contributed by atoms with Crippen LogP contribution in [-0.2, 0) is 0 Å². The average molecular weight is 651 g/mol. The van der Waals surface area contributed by atoms with Crippen molar-refractivity contribution in [1.82, 2.24) is 9.13 Å². The van der Waals surface area contributed by atoms with Gasteiger partial charge in [0.1, 0.15) is 11.2 Å². The Hall–Kier alpha value is -6.84. The Morgan fingerprint density at radius 1 is 0.275 bits per heavy atom. The van der Waals surface area contributed by atoms with Crippen molar-refractivity contribution in [2.75, 3.05) is 0 Å². The second-order valence-corrected chi connectivity index (χ2v) is 13.4. The second kappa shape index (κ2) is 10.8. The Labute approximate surface area is 293 Å². The Balaban J connectivity index is 1.02. The number of furan rings is 1. The molecule has 11 rings (SSSR count). The van der Waals surface area contributed by atoms with Gasteiger partial charge in [0.2, 0.25) is 0 Å². The van der Waals surface area contributed by atoms with Crippen LogP contribution in [-0.4, -0.2) is 9.13 Å². The maximum absolute atomic E-state index is 6.38. The van der Waals surface area contributed by atoms with Crippen molar-refractivity contribution in [1.29, 1.82) is 0 Å². The van der Waals surface area contributed by atoms with Crippen LogP contribution in [0.2, 0.25) is 0 Å². The molecular weight excluding hydrogens is 621 g/mol. The van der Waals surface area contributed by atoms with E-state index in [0.29, 0.717) is 0 Å². The van der Waals surface area contributed by atoms with Crippen LogP contribution in [0.15, 0.2) is 186 Å². The summed E-state index contributed by atoms with van der Waals surface area (Å²) in [7, 11) is 0. The number of rotatable bonds is 4. The number of hydrogen-bond acceptors (Lipinski definition) is 1. The Morgan fingerprint density at radius 2 is 0.686 bits per heavy atom. The third-order valence-corrected chi connectivity index (χ3v) is 10.5. The molecule has 11 aromatic rings. The van der Waals surface area contributed by atoms with E-state index >= 15 is 0 Å². The van der Waals surface area contributed by atoms with Crippen LogP contribution < -0.4 is 0 Å². The number of benzene rings is 8. The molecule has 3 nitrogen and oxygen atoms in total. The van der Waals surface area contributed by atoms with E-state index in [-0.39, 0.29) is 0 Å². The molecule has 0 amide bonds. The molecule has 3 heteroatoms. The van der Waals surface area contributed by atoms with Crippen molar-refractivity contribution in [3.63, 3.8) is 0 Å². The number of fused-ring (bicyclic) bond motifs is 9. The van der Waals surface area contributed by atoms with Gasteiger partial charge in [-0.3, -0.25) is 0 Å². The summed E-state index contributed by atoms with van der Waals surface area (Å²) in [6.07, 6.45) is 0. The predicted octanol–water partition coefficient (Wildman–Crippen LogP) is 13.1. The summed E-state index contributed by atoms with van der Waals surface area (Å²) in [5.41, 5.74) is 13.6. The lowest BCUT2D eigenvalue weighted by Crippen LogP contribution is -1.94. The standard InChI is InChI=1S/C48H30N2O/c1-5-19-43-37(15-1)38-16-2-6-20-44(38)49(43)35-14-10-13-33(28-35)31-11-9-12-32(27-31)34-23-25-47-41(29-34)42-30-36(24-26-48(42)51-47)50-45-21-7-3-17-39(45)40-18-4-8-22-46(40)50/h1-30H. The molecule has 0 aliphatic heterocycles. The summed E-state index contributed by atoms with van der Waals surface area (Å²) in [5.74, 6) is 0. The molecular formula is C48H30N2O. The highest BCUT2D eigenvalue weighted by Gasteiger charge is 2.16. The monoisotopic (exact) mass is 650 g/mol. The van der Waals surface area contributed by atoms with Crippen molar-refractivity contribution >= 4 is 65.6 Å². The van der Waals surface area contributed by atoms with Crippen LogP contribution in [0.5, 0.6) is 0 Å². The SMILES string of the molecule is c1cc(-c2cccc(-n3c4ccccc4c4ccccc43)c2)cc(-c2ccc3oc4ccc(-n5c6ccccc6c6ccccc65)cc4c3c2)c1. The molecule has 0 N–H and O–H groups in total. The van der Waals surface area contributed by atoms with Crippen molar-refractivity contribution in [3.05, 3.63) is 182 Å². The molecule has 0 fully saturated rings. The molecule has 0 saturated heterocycles. The lowest BCUT2D eigenvalue weighted by Gasteiger charge is -2.11. The fourth-order valence-corrected chi connectivity index (χ4v) is 8.19. The quantitative estimate of drug-likeness (QED) is 0.186. The molecule has 0 spiro atoms. The second-order valence-electron chi connectivity index (χ2n) is 13.4. The zero-order valence-electron chi connectivity index (χ0n) is 27.6. The number of aromatic nitrogens is 2. The first-order chi connectivity index (χ1) is 25.3. The first-order valence-corrected chi connectivity index (χ1v) is 17.4. The van der Waals surface area contributed by atoms with Gasteiger partial charge in [-0.05, 0) is 95.1 Å². The highest BCUT2D eigenvalue weighted by molar-refractivity contribution is 6.11. The van der Waals surface area contributed by atoms with Gasteiger partial charge in [0.15, 0.2) is 0 Å². The summed E-state index contributed by atoms with van der Waals surface area (Å²) in [4.78, 5) is 0. The molecule has 3 heterocycles. The molecule has 0 unspecified atom stereocenters. The Bertz CT molecular complexity index is 3050. The van der Waals surface area contributed by atoms with Gasteiger partial charge >= 0.3 is 0 Å². The van der Waals surface area contributed by atoms with Gasteiger partial charge in [-0.25, -0.2) is 0 Å². The zero-order chi connectivity index (χ0) is 33.5. The molecule has 0 aliphatic rings. The van der Waals surface area contributed by atoms with Crippen LogP contribution >= 0.6 is 0 Å². The highest BCUT2D eigenvalue weighted by atomic mass is 16.3. The van der Waals surface area contributed by atoms with Crippen LogP contribution in [0.1, 0.15) is 0 Å². The molecule has 0 radical (unpaired) electrons.